The number of para-hydroxylation sites is 2. The first-order valence-corrected chi connectivity index (χ1v) is 11.1. The normalized spacial score (nSPS) is 10.9. The SMILES string of the molecule is CCOC(=O)Cn1c(CCCCCNC(=O)Cc2ccc(Cl)cc2)nc2ccccc21. The lowest BCUT2D eigenvalue weighted by molar-refractivity contribution is -0.143. The number of hydrogen-bond donors (Lipinski definition) is 1. The molecule has 6 nitrogen and oxygen atoms in total. The first kappa shape index (κ1) is 22.8. The van der Waals surface area contributed by atoms with Crippen molar-refractivity contribution in [2.75, 3.05) is 13.2 Å². The van der Waals surface area contributed by atoms with Gasteiger partial charge in [-0.15, -0.1) is 0 Å². The van der Waals surface area contributed by atoms with Gasteiger partial charge in [-0.05, 0) is 49.6 Å². The fourth-order valence-electron chi connectivity index (χ4n) is 3.49. The maximum absolute atomic E-state index is 12.1. The molecule has 1 aromatic heterocycles. The summed E-state index contributed by atoms with van der Waals surface area (Å²) in [6.07, 6.45) is 3.91. The van der Waals surface area contributed by atoms with Gasteiger partial charge in [0, 0.05) is 18.0 Å². The molecular weight excluding hydrogens is 414 g/mol. The Labute approximate surface area is 187 Å². The van der Waals surface area contributed by atoms with E-state index < -0.39 is 0 Å². The number of benzene rings is 2. The van der Waals surface area contributed by atoms with E-state index in [0.29, 0.717) is 24.6 Å². The lowest BCUT2D eigenvalue weighted by Gasteiger charge is -2.09. The van der Waals surface area contributed by atoms with E-state index in [2.05, 4.69) is 5.32 Å². The molecular formula is C24H28ClN3O3. The molecule has 0 aliphatic heterocycles. The van der Waals surface area contributed by atoms with Crippen molar-refractivity contribution >= 4 is 34.5 Å². The van der Waals surface area contributed by atoms with Gasteiger partial charge in [-0.2, -0.15) is 0 Å². The van der Waals surface area contributed by atoms with Crippen molar-refractivity contribution < 1.29 is 14.3 Å². The van der Waals surface area contributed by atoms with Crippen LogP contribution in [0.4, 0.5) is 0 Å². The molecule has 0 saturated heterocycles. The summed E-state index contributed by atoms with van der Waals surface area (Å²) in [4.78, 5) is 28.8. The summed E-state index contributed by atoms with van der Waals surface area (Å²) < 4.78 is 7.06. The zero-order valence-electron chi connectivity index (χ0n) is 17.8. The minimum absolute atomic E-state index is 0.0125. The molecule has 31 heavy (non-hydrogen) atoms. The fraction of sp³-hybridized carbons (Fsp3) is 0.375. The van der Waals surface area contributed by atoms with Crippen LogP contribution in [0.3, 0.4) is 0 Å². The van der Waals surface area contributed by atoms with Crippen LogP contribution < -0.4 is 5.32 Å². The summed E-state index contributed by atoms with van der Waals surface area (Å²) in [5, 5.41) is 3.63. The molecule has 1 N–H and O–H groups in total. The van der Waals surface area contributed by atoms with Crippen LogP contribution in [0.2, 0.25) is 5.02 Å². The average Bonchev–Trinajstić information content (AvgIpc) is 3.10. The summed E-state index contributed by atoms with van der Waals surface area (Å²) in [5.74, 6) is 0.648. The first-order valence-electron chi connectivity index (χ1n) is 10.7. The van der Waals surface area contributed by atoms with Crippen LogP contribution in [-0.2, 0) is 33.7 Å². The third kappa shape index (κ3) is 6.82. The van der Waals surface area contributed by atoms with Crippen LogP contribution in [-0.4, -0.2) is 34.6 Å². The smallest absolute Gasteiger partial charge is 0.326 e. The number of fused-ring (bicyclic) bond motifs is 1. The molecule has 0 saturated carbocycles. The van der Waals surface area contributed by atoms with Crippen molar-refractivity contribution in [3.63, 3.8) is 0 Å². The van der Waals surface area contributed by atoms with Crippen molar-refractivity contribution in [1.29, 1.82) is 0 Å². The number of imidazole rings is 1. The number of aromatic nitrogens is 2. The summed E-state index contributed by atoms with van der Waals surface area (Å²) in [6.45, 7) is 2.99. The molecule has 0 aliphatic rings. The van der Waals surface area contributed by atoms with E-state index >= 15 is 0 Å². The van der Waals surface area contributed by atoms with Crippen molar-refractivity contribution in [3.05, 3.63) is 64.9 Å². The largest absolute Gasteiger partial charge is 0.465 e. The molecule has 0 fully saturated rings. The van der Waals surface area contributed by atoms with Crippen LogP contribution >= 0.6 is 11.6 Å². The molecule has 0 atom stereocenters. The number of unbranched alkanes of at least 4 members (excludes halogenated alkanes) is 2. The van der Waals surface area contributed by atoms with Crippen LogP contribution in [0.15, 0.2) is 48.5 Å². The van der Waals surface area contributed by atoms with Crippen molar-refractivity contribution in [1.82, 2.24) is 14.9 Å². The molecule has 0 spiro atoms. The molecule has 0 radical (unpaired) electrons. The fourth-order valence-corrected chi connectivity index (χ4v) is 3.62. The van der Waals surface area contributed by atoms with Gasteiger partial charge in [0.15, 0.2) is 0 Å². The Morgan fingerprint density at radius 3 is 2.61 bits per heavy atom. The minimum atomic E-state index is -0.254. The highest BCUT2D eigenvalue weighted by atomic mass is 35.5. The second-order valence-electron chi connectivity index (χ2n) is 7.37. The number of aryl methyl sites for hydroxylation is 1. The molecule has 1 amide bonds. The Morgan fingerprint density at radius 2 is 1.84 bits per heavy atom. The zero-order valence-corrected chi connectivity index (χ0v) is 18.5. The van der Waals surface area contributed by atoms with Gasteiger partial charge in [0.1, 0.15) is 12.4 Å². The van der Waals surface area contributed by atoms with Gasteiger partial charge < -0.3 is 14.6 Å². The Bertz CT molecular complexity index is 1010. The highest BCUT2D eigenvalue weighted by Gasteiger charge is 2.14. The van der Waals surface area contributed by atoms with Gasteiger partial charge in [-0.1, -0.05) is 42.3 Å². The predicted octanol–water partition coefficient (Wildman–Crippen LogP) is 4.32. The van der Waals surface area contributed by atoms with Gasteiger partial charge in [0.2, 0.25) is 5.91 Å². The Balaban J connectivity index is 1.44. The Kier molecular flexibility index (Phi) is 8.47. The van der Waals surface area contributed by atoms with Gasteiger partial charge in [0.25, 0.3) is 0 Å². The van der Waals surface area contributed by atoms with E-state index in [4.69, 9.17) is 21.3 Å². The van der Waals surface area contributed by atoms with Crippen molar-refractivity contribution in [2.45, 2.75) is 45.6 Å². The van der Waals surface area contributed by atoms with Crippen LogP contribution in [0, 0.1) is 0 Å². The molecule has 0 unspecified atom stereocenters. The highest BCUT2D eigenvalue weighted by molar-refractivity contribution is 6.30. The standard InChI is InChI=1S/C24H28ClN3O3/c1-2-31-24(30)17-28-21-9-6-5-8-20(21)27-22(28)10-4-3-7-15-26-23(29)16-18-11-13-19(25)14-12-18/h5-6,8-9,11-14H,2-4,7,10,15-17H2,1H3,(H,26,29). The summed E-state index contributed by atoms with van der Waals surface area (Å²) in [6, 6.07) is 15.1. The number of nitrogens with one attached hydrogen (secondary N) is 1. The van der Waals surface area contributed by atoms with Gasteiger partial charge in [-0.25, -0.2) is 4.98 Å². The summed E-state index contributed by atoms with van der Waals surface area (Å²) in [5.41, 5.74) is 2.78. The van der Waals surface area contributed by atoms with E-state index in [1.54, 1.807) is 19.1 Å². The number of esters is 1. The topological polar surface area (TPSA) is 73.2 Å². The third-order valence-electron chi connectivity index (χ3n) is 5.00. The van der Waals surface area contributed by atoms with Gasteiger partial charge in [0.05, 0.1) is 24.1 Å². The number of rotatable bonds is 11. The zero-order chi connectivity index (χ0) is 22.1. The quantitative estimate of drug-likeness (QED) is 0.355. The van der Waals surface area contributed by atoms with E-state index in [-0.39, 0.29) is 18.4 Å². The van der Waals surface area contributed by atoms with E-state index in [9.17, 15) is 9.59 Å². The van der Waals surface area contributed by atoms with Gasteiger partial charge in [-0.3, -0.25) is 9.59 Å². The molecule has 3 rings (SSSR count). The monoisotopic (exact) mass is 441 g/mol. The lowest BCUT2D eigenvalue weighted by Crippen LogP contribution is -2.26. The molecule has 0 bridgehead atoms. The first-order chi connectivity index (χ1) is 15.1. The van der Waals surface area contributed by atoms with Crippen molar-refractivity contribution in [2.24, 2.45) is 0 Å². The molecule has 1 heterocycles. The van der Waals surface area contributed by atoms with E-state index in [1.165, 1.54) is 0 Å². The average molecular weight is 442 g/mol. The third-order valence-corrected chi connectivity index (χ3v) is 5.26. The molecule has 164 valence electrons. The summed E-state index contributed by atoms with van der Waals surface area (Å²) >= 11 is 5.87. The van der Waals surface area contributed by atoms with Gasteiger partial charge >= 0.3 is 5.97 Å². The second kappa shape index (κ2) is 11.5. The van der Waals surface area contributed by atoms with Crippen LogP contribution in [0.5, 0.6) is 0 Å². The maximum atomic E-state index is 12.1. The second-order valence-corrected chi connectivity index (χ2v) is 7.81. The predicted molar refractivity (Wildman–Crippen MR) is 122 cm³/mol. The molecule has 7 heteroatoms. The molecule has 0 aliphatic carbocycles. The number of carbonyl (C=O) groups is 2. The van der Waals surface area contributed by atoms with Crippen molar-refractivity contribution in [3.8, 4) is 0 Å². The minimum Gasteiger partial charge on any atom is -0.465 e. The maximum Gasteiger partial charge on any atom is 0.326 e. The molecule has 2 aromatic carbocycles. The Hall–Kier alpha value is -2.86. The van der Waals surface area contributed by atoms with E-state index in [1.807, 2.05) is 41.0 Å². The van der Waals surface area contributed by atoms with Crippen LogP contribution in [0.1, 0.15) is 37.6 Å². The number of hydrogen-bond acceptors (Lipinski definition) is 4. The number of ether oxygens (including phenoxy) is 1. The van der Waals surface area contributed by atoms with Crippen LogP contribution in [0.25, 0.3) is 11.0 Å². The lowest BCUT2D eigenvalue weighted by atomic mass is 10.1. The number of nitrogens with zero attached hydrogens (tertiary/aromatic N) is 2. The van der Waals surface area contributed by atoms with E-state index in [0.717, 1.165) is 48.1 Å². The highest BCUT2D eigenvalue weighted by Crippen LogP contribution is 2.18. The number of carbonyl (C=O) groups excluding carboxylic acids is 2. The molecule has 3 aromatic rings. The Morgan fingerprint density at radius 1 is 1.06 bits per heavy atom. The number of amides is 1. The number of halogens is 1. The summed E-state index contributed by atoms with van der Waals surface area (Å²) in [7, 11) is 0.